The van der Waals surface area contributed by atoms with Crippen molar-refractivity contribution in [1.82, 2.24) is 9.80 Å². The number of benzene rings is 1. The molecule has 1 saturated heterocycles. The summed E-state index contributed by atoms with van der Waals surface area (Å²) < 4.78 is 22.7. The molecule has 0 spiro atoms. The Labute approximate surface area is 134 Å². The maximum Gasteiger partial charge on any atom is 0.210 e. The van der Waals surface area contributed by atoms with Crippen molar-refractivity contribution in [2.75, 3.05) is 32.4 Å². The van der Waals surface area contributed by atoms with Gasteiger partial charge in [0.2, 0.25) is 10.0 Å². The summed E-state index contributed by atoms with van der Waals surface area (Å²) in [6.45, 7) is 3.70. The van der Waals surface area contributed by atoms with Gasteiger partial charge in [-0.25, -0.2) is 13.6 Å². The third-order valence-electron chi connectivity index (χ3n) is 4.24. The molecule has 0 amide bonds. The van der Waals surface area contributed by atoms with Crippen molar-refractivity contribution in [3.05, 3.63) is 35.9 Å². The lowest BCUT2D eigenvalue weighted by Crippen LogP contribution is -2.47. The average molecular weight is 325 g/mol. The van der Waals surface area contributed by atoms with Crippen LogP contribution in [0.1, 0.15) is 24.8 Å². The SMILES string of the molecule is CN(CCN1CCCC[C@@H]1CS(N)(=O)=O)Cc1ccccc1. The molecule has 0 aromatic heterocycles. The molecular weight excluding hydrogens is 298 g/mol. The van der Waals surface area contributed by atoms with Crippen LogP contribution in [-0.4, -0.2) is 56.7 Å². The molecule has 1 fully saturated rings. The second kappa shape index (κ2) is 8.06. The summed E-state index contributed by atoms with van der Waals surface area (Å²) in [5, 5.41) is 5.22. The number of hydrogen-bond acceptors (Lipinski definition) is 4. The summed E-state index contributed by atoms with van der Waals surface area (Å²) in [7, 11) is -1.30. The van der Waals surface area contributed by atoms with E-state index in [1.54, 1.807) is 0 Å². The minimum Gasteiger partial charge on any atom is -0.301 e. The maximum absolute atomic E-state index is 11.4. The van der Waals surface area contributed by atoms with Gasteiger partial charge in [0.15, 0.2) is 0 Å². The molecule has 6 heteroatoms. The molecule has 0 unspecified atom stereocenters. The van der Waals surface area contributed by atoms with Crippen LogP contribution in [-0.2, 0) is 16.6 Å². The van der Waals surface area contributed by atoms with Crippen LogP contribution >= 0.6 is 0 Å². The van der Waals surface area contributed by atoms with Crippen LogP contribution in [0, 0.1) is 0 Å². The molecule has 1 heterocycles. The van der Waals surface area contributed by atoms with Crippen LogP contribution < -0.4 is 5.14 Å². The van der Waals surface area contributed by atoms with E-state index in [-0.39, 0.29) is 11.8 Å². The molecule has 1 aromatic rings. The van der Waals surface area contributed by atoms with Crippen molar-refractivity contribution in [3.63, 3.8) is 0 Å². The minimum atomic E-state index is -3.40. The zero-order valence-corrected chi connectivity index (χ0v) is 14.1. The molecule has 1 atom stereocenters. The Balaban J connectivity index is 1.83. The molecule has 0 saturated carbocycles. The van der Waals surface area contributed by atoms with Gasteiger partial charge in [-0.05, 0) is 32.0 Å². The van der Waals surface area contributed by atoms with Crippen LogP contribution in [0.3, 0.4) is 0 Å². The van der Waals surface area contributed by atoms with Gasteiger partial charge >= 0.3 is 0 Å². The average Bonchev–Trinajstić information content (AvgIpc) is 2.46. The number of hydrogen-bond donors (Lipinski definition) is 1. The number of piperidine rings is 1. The summed E-state index contributed by atoms with van der Waals surface area (Å²) in [5.41, 5.74) is 1.30. The lowest BCUT2D eigenvalue weighted by Gasteiger charge is -2.36. The Morgan fingerprint density at radius 2 is 2.00 bits per heavy atom. The highest BCUT2D eigenvalue weighted by Gasteiger charge is 2.25. The lowest BCUT2D eigenvalue weighted by atomic mass is 10.0. The van der Waals surface area contributed by atoms with Crippen molar-refractivity contribution in [2.45, 2.75) is 31.8 Å². The molecule has 22 heavy (non-hydrogen) atoms. The zero-order chi connectivity index (χ0) is 16.0. The van der Waals surface area contributed by atoms with Gasteiger partial charge in [0.05, 0.1) is 5.75 Å². The van der Waals surface area contributed by atoms with Crippen molar-refractivity contribution in [1.29, 1.82) is 0 Å². The fourth-order valence-electron chi connectivity index (χ4n) is 3.08. The van der Waals surface area contributed by atoms with Crippen LogP contribution in [0.4, 0.5) is 0 Å². The van der Waals surface area contributed by atoms with Gasteiger partial charge in [0.1, 0.15) is 0 Å². The zero-order valence-electron chi connectivity index (χ0n) is 13.3. The van der Waals surface area contributed by atoms with Crippen LogP contribution in [0.2, 0.25) is 0 Å². The monoisotopic (exact) mass is 325 g/mol. The van der Waals surface area contributed by atoms with Gasteiger partial charge in [-0.1, -0.05) is 36.8 Å². The van der Waals surface area contributed by atoms with Crippen LogP contribution in [0.15, 0.2) is 30.3 Å². The maximum atomic E-state index is 11.4. The lowest BCUT2D eigenvalue weighted by molar-refractivity contribution is 0.142. The van der Waals surface area contributed by atoms with E-state index in [0.29, 0.717) is 0 Å². The Bertz CT molecular complexity index is 548. The third kappa shape index (κ3) is 6.04. The summed E-state index contributed by atoms with van der Waals surface area (Å²) in [6, 6.07) is 10.5. The fourth-order valence-corrected chi connectivity index (χ4v) is 4.00. The molecule has 2 N–H and O–H groups in total. The minimum absolute atomic E-state index is 0.0777. The van der Waals surface area contributed by atoms with Crippen molar-refractivity contribution in [2.24, 2.45) is 5.14 Å². The van der Waals surface area contributed by atoms with E-state index >= 15 is 0 Å². The number of nitrogens with two attached hydrogens (primary N) is 1. The summed E-state index contributed by atoms with van der Waals surface area (Å²) in [6.07, 6.45) is 3.17. The predicted octanol–water partition coefficient (Wildman–Crippen LogP) is 1.26. The largest absolute Gasteiger partial charge is 0.301 e. The Kier molecular flexibility index (Phi) is 6.37. The van der Waals surface area contributed by atoms with E-state index in [1.165, 1.54) is 5.56 Å². The van der Waals surface area contributed by atoms with Crippen molar-refractivity contribution in [3.8, 4) is 0 Å². The van der Waals surface area contributed by atoms with E-state index in [9.17, 15) is 8.42 Å². The highest BCUT2D eigenvalue weighted by atomic mass is 32.2. The van der Waals surface area contributed by atoms with Crippen molar-refractivity contribution >= 4 is 10.0 Å². The first kappa shape index (κ1) is 17.4. The number of likely N-dealkylation sites (N-methyl/N-ethyl adjacent to an activating group) is 1. The molecule has 0 aliphatic carbocycles. The highest BCUT2D eigenvalue weighted by molar-refractivity contribution is 7.89. The quantitative estimate of drug-likeness (QED) is 0.820. The fraction of sp³-hybridized carbons (Fsp3) is 0.625. The number of rotatable bonds is 7. The van der Waals surface area contributed by atoms with E-state index in [0.717, 1.165) is 45.4 Å². The Morgan fingerprint density at radius 1 is 1.27 bits per heavy atom. The topological polar surface area (TPSA) is 66.6 Å². The van der Waals surface area contributed by atoms with Crippen LogP contribution in [0.25, 0.3) is 0 Å². The number of primary sulfonamides is 1. The van der Waals surface area contributed by atoms with E-state index < -0.39 is 10.0 Å². The second-order valence-corrected chi connectivity index (χ2v) is 7.90. The second-order valence-electron chi connectivity index (χ2n) is 6.24. The molecule has 5 nitrogen and oxygen atoms in total. The molecule has 1 aliphatic heterocycles. The Morgan fingerprint density at radius 3 is 2.68 bits per heavy atom. The summed E-state index contributed by atoms with van der Waals surface area (Å²) in [5.74, 6) is 0.0788. The van der Waals surface area contributed by atoms with Gasteiger partial charge < -0.3 is 4.90 Å². The normalized spacial score (nSPS) is 20.4. The molecule has 0 radical (unpaired) electrons. The number of sulfonamides is 1. The summed E-state index contributed by atoms with van der Waals surface area (Å²) >= 11 is 0. The standard InChI is InChI=1S/C16H27N3O2S/c1-18(13-15-7-3-2-4-8-15)11-12-19-10-6-5-9-16(19)14-22(17,20)21/h2-4,7-8,16H,5-6,9-14H2,1H3,(H2,17,20,21)/t16-/m1/s1. The van der Waals surface area contributed by atoms with E-state index in [2.05, 4.69) is 41.1 Å². The first-order valence-corrected chi connectivity index (χ1v) is 9.62. The van der Waals surface area contributed by atoms with Gasteiger partial charge in [-0.15, -0.1) is 0 Å². The predicted molar refractivity (Wildman–Crippen MR) is 90.0 cm³/mol. The van der Waals surface area contributed by atoms with Gasteiger partial charge in [-0.3, -0.25) is 4.90 Å². The first-order valence-electron chi connectivity index (χ1n) is 7.91. The van der Waals surface area contributed by atoms with Crippen LogP contribution in [0.5, 0.6) is 0 Å². The number of nitrogens with zero attached hydrogens (tertiary/aromatic N) is 2. The van der Waals surface area contributed by atoms with E-state index in [4.69, 9.17) is 5.14 Å². The third-order valence-corrected chi connectivity index (χ3v) is 5.09. The molecule has 1 aromatic carbocycles. The van der Waals surface area contributed by atoms with Crippen molar-refractivity contribution < 1.29 is 8.42 Å². The molecular formula is C16H27N3O2S. The molecule has 0 bridgehead atoms. The first-order chi connectivity index (χ1) is 10.4. The highest BCUT2D eigenvalue weighted by Crippen LogP contribution is 2.17. The smallest absolute Gasteiger partial charge is 0.210 e. The van der Waals surface area contributed by atoms with Gasteiger partial charge in [-0.2, -0.15) is 0 Å². The summed E-state index contributed by atoms with van der Waals surface area (Å²) in [4.78, 5) is 4.56. The molecule has 2 rings (SSSR count). The molecule has 124 valence electrons. The van der Waals surface area contributed by atoms with Gasteiger partial charge in [0.25, 0.3) is 0 Å². The molecule has 1 aliphatic rings. The Hall–Kier alpha value is -0.950. The number of likely N-dealkylation sites (tertiary alicyclic amines) is 1. The van der Waals surface area contributed by atoms with Gasteiger partial charge in [0, 0.05) is 25.7 Å². The van der Waals surface area contributed by atoms with E-state index in [1.807, 2.05) is 6.07 Å².